The fraction of sp³-hybridized carbons (Fsp3) is 0.462. The minimum Gasteiger partial charge on any atom is -0.369 e. The molecule has 1 fully saturated rings. The molecule has 8 nitrogen and oxygen atoms in total. The number of carbonyl (C=O) groups excluding carboxylic acids is 1. The topological polar surface area (TPSA) is 102 Å². The van der Waals surface area contributed by atoms with Crippen molar-refractivity contribution < 1.29 is 18.0 Å². The van der Waals surface area contributed by atoms with Gasteiger partial charge in [0.2, 0.25) is 11.9 Å². The number of alkyl halides is 3. The van der Waals surface area contributed by atoms with E-state index < -0.39 is 17.6 Å². The lowest BCUT2D eigenvalue weighted by Crippen LogP contribution is -2.32. The van der Waals surface area contributed by atoms with Gasteiger partial charge in [-0.1, -0.05) is 24.3 Å². The number of aryl methyl sites for hydroxylation is 3. The van der Waals surface area contributed by atoms with Crippen LogP contribution in [0.4, 0.5) is 24.8 Å². The summed E-state index contributed by atoms with van der Waals surface area (Å²) in [4.78, 5) is 21.9. The number of likely N-dealkylation sites (tertiary alicyclic amines) is 1. The first-order valence-electron chi connectivity index (χ1n) is 12.3. The molecule has 1 aliphatic heterocycles. The number of hydrogen-bond acceptors (Lipinski definition) is 6. The zero-order valence-electron chi connectivity index (χ0n) is 21.3. The van der Waals surface area contributed by atoms with E-state index in [0.29, 0.717) is 11.3 Å². The Morgan fingerprint density at radius 1 is 1.14 bits per heavy atom. The molecule has 1 amide bonds. The van der Waals surface area contributed by atoms with Crippen LogP contribution in [0, 0.1) is 13.8 Å². The quantitative estimate of drug-likeness (QED) is 0.468. The Balaban J connectivity index is 1.59. The molecule has 198 valence electrons. The number of amides is 1. The number of hydrogen-bond donors (Lipinski definition) is 2. The molecule has 37 heavy (non-hydrogen) atoms. The molecule has 3 heterocycles. The van der Waals surface area contributed by atoms with E-state index in [1.807, 2.05) is 18.5 Å². The lowest BCUT2D eigenvalue weighted by atomic mass is 9.98. The summed E-state index contributed by atoms with van der Waals surface area (Å²) in [5.74, 6) is -0.411. The number of benzene rings is 1. The number of carbonyl (C=O) groups is 1. The van der Waals surface area contributed by atoms with Gasteiger partial charge in [0.15, 0.2) is 0 Å². The zero-order valence-corrected chi connectivity index (χ0v) is 21.3. The lowest BCUT2D eigenvalue weighted by molar-refractivity contribution is -0.138. The summed E-state index contributed by atoms with van der Waals surface area (Å²) in [7, 11) is 2.10. The summed E-state index contributed by atoms with van der Waals surface area (Å²) < 4.78 is 43.3. The largest absolute Gasteiger partial charge is 0.419 e. The van der Waals surface area contributed by atoms with Gasteiger partial charge >= 0.3 is 6.18 Å². The highest BCUT2D eigenvalue weighted by atomic mass is 19.4. The molecule has 4 rings (SSSR count). The van der Waals surface area contributed by atoms with E-state index in [1.165, 1.54) is 0 Å². The number of piperidine rings is 1. The first kappa shape index (κ1) is 26.6. The maximum atomic E-state index is 13.8. The third-order valence-corrected chi connectivity index (χ3v) is 6.88. The van der Waals surface area contributed by atoms with Crippen LogP contribution >= 0.6 is 0 Å². The van der Waals surface area contributed by atoms with E-state index >= 15 is 0 Å². The molecule has 0 atom stereocenters. The number of primary amides is 1. The zero-order chi connectivity index (χ0) is 26.7. The van der Waals surface area contributed by atoms with E-state index in [-0.39, 0.29) is 36.9 Å². The van der Waals surface area contributed by atoms with Crippen LogP contribution in [0.25, 0.3) is 0 Å². The van der Waals surface area contributed by atoms with Gasteiger partial charge in [-0.15, -0.1) is 0 Å². The molecule has 0 unspecified atom stereocenters. The number of anilines is 2. The van der Waals surface area contributed by atoms with Crippen LogP contribution in [-0.2, 0) is 30.2 Å². The highest BCUT2D eigenvalue weighted by Gasteiger charge is 2.35. The van der Waals surface area contributed by atoms with Gasteiger partial charge in [0.25, 0.3) is 0 Å². The van der Waals surface area contributed by atoms with Gasteiger partial charge in [0.1, 0.15) is 0 Å². The molecular formula is C26H32F3N7O. The van der Waals surface area contributed by atoms with E-state index in [4.69, 9.17) is 10.8 Å². The average molecular weight is 516 g/mol. The van der Waals surface area contributed by atoms with Gasteiger partial charge in [-0.05, 0) is 70.8 Å². The molecule has 1 saturated heterocycles. The molecule has 0 aliphatic carbocycles. The summed E-state index contributed by atoms with van der Waals surface area (Å²) >= 11 is 0. The van der Waals surface area contributed by atoms with Crippen molar-refractivity contribution in [3.8, 4) is 0 Å². The Bertz CT molecular complexity index is 1260. The van der Waals surface area contributed by atoms with E-state index in [9.17, 15) is 18.0 Å². The molecule has 1 aliphatic rings. The average Bonchev–Trinajstić information content (AvgIpc) is 3.11. The predicted molar refractivity (Wildman–Crippen MR) is 135 cm³/mol. The highest BCUT2D eigenvalue weighted by molar-refractivity contribution is 5.77. The van der Waals surface area contributed by atoms with Crippen molar-refractivity contribution in [1.82, 2.24) is 24.6 Å². The van der Waals surface area contributed by atoms with Crippen molar-refractivity contribution in [2.24, 2.45) is 5.73 Å². The first-order chi connectivity index (χ1) is 17.5. The van der Waals surface area contributed by atoms with Crippen LogP contribution in [0.3, 0.4) is 0 Å². The number of halogens is 3. The molecule has 0 radical (unpaired) electrons. The van der Waals surface area contributed by atoms with Crippen LogP contribution in [0.1, 0.15) is 52.7 Å². The molecule has 0 bridgehead atoms. The Morgan fingerprint density at radius 2 is 1.81 bits per heavy atom. The molecule has 0 saturated carbocycles. The summed E-state index contributed by atoms with van der Waals surface area (Å²) in [6.07, 6.45) is -1.48. The second-order valence-corrected chi connectivity index (χ2v) is 9.61. The van der Waals surface area contributed by atoms with Crippen molar-refractivity contribution in [1.29, 1.82) is 0 Å². The number of rotatable bonds is 8. The standard InChI is InChI=1S/C26H32F3N7O/c1-16-24(17(2)36(34-16)20-10-12-35(3)13-11-20)33-25-31-15-21(26(27,28)29)22(32-25)9-8-18-6-4-5-7-19(18)14-23(30)37/h4-7,15,20H,8-14H2,1-3H3,(H2,30,37)(H,31,32,33). The van der Waals surface area contributed by atoms with Crippen LogP contribution < -0.4 is 11.1 Å². The molecule has 3 N–H and O–H groups in total. The Labute approximate surface area is 214 Å². The lowest BCUT2D eigenvalue weighted by Gasteiger charge is -2.29. The molecular weight excluding hydrogens is 483 g/mol. The molecule has 0 spiro atoms. The second kappa shape index (κ2) is 10.9. The van der Waals surface area contributed by atoms with E-state index in [1.54, 1.807) is 24.3 Å². The molecule has 11 heteroatoms. The third kappa shape index (κ3) is 6.27. The monoisotopic (exact) mass is 515 g/mol. The van der Waals surface area contributed by atoms with Crippen LogP contribution in [0.15, 0.2) is 30.5 Å². The SMILES string of the molecule is Cc1nn(C2CCN(C)CC2)c(C)c1Nc1ncc(C(F)(F)F)c(CCc2ccccc2CC(N)=O)n1. The number of aromatic nitrogens is 4. The summed E-state index contributed by atoms with van der Waals surface area (Å²) in [5.41, 5.74) is 8.14. The summed E-state index contributed by atoms with van der Waals surface area (Å²) in [6, 6.07) is 7.37. The van der Waals surface area contributed by atoms with Gasteiger partial charge in [-0.3, -0.25) is 9.48 Å². The molecule has 3 aromatic rings. The van der Waals surface area contributed by atoms with Crippen molar-refractivity contribution in [2.45, 2.75) is 58.2 Å². The Kier molecular flexibility index (Phi) is 7.82. The van der Waals surface area contributed by atoms with Gasteiger partial charge in [0, 0.05) is 6.20 Å². The van der Waals surface area contributed by atoms with Crippen molar-refractivity contribution in [3.63, 3.8) is 0 Å². The van der Waals surface area contributed by atoms with E-state index in [2.05, 4.69) is 27.2 Å². The Morgan fingerprint density at radius 3 is 2.46 bits per heavy atom. The number of nitrogens with one attached hydrogen (secondary N) is 1. The maximum absolute atomic E-state index is 13.8. The van der Waals surface area contributed by atoms with Gasteiger partial charge < -0.3 is 16.0 Å². The fourth-order valence-electron chi connectivity index (χ4n) is 4.87. The second-order valence-electron chi connectivity index (χ2n) is 9.61. The van der Waals surface area contributed by atoms with Gasteiger partial charge in [-0.25, -0.2) is 9.97 Å². The molecule has 1 aromatic carbocycles. The highest BCUT2D eigenvalue weighted by Crippen LogP contribution is 2.33. The van der Waals surface area contributed by atoms with Crippen molar-refractivity contribution in [2.75, 3.05) is 25.5 Å². The van der Waals surface area contributed by atoms with Gasteiger partial charge in [-0.2, -0.15) is 18.3 Å². The molecule has 2 aromatic heterocycles. The van der Waals surface area contributed by atoms with Crippen LogP contribution in [0.2, 0.25) is 0 Å². The number of nitrogens with zero attached hydrogens (tertiary/aromatic N) is 5. The van der Waals surface area contributed by atoms with Crippen LogP contribution in [-0.4, -0.2) is 50.7 Å². The Hall–Kier alpha value is -3.47. The van der Waals surface area contributed by atoms with Crippen LogP contribution in [0.5, 0.6) is 0 Å². The van der Waals surface area contributed by atoms with Gasteiger partial charge in [0.05, 0.1) is 40.8 Å². The smallest absolute Gasteiger partial charge is 0.369 e. The fourth-order valence-corrected chi connectivity index (χ4v) is 4.87. The van der Waals surface area contributed by atoms with Crippen molar-refractivity contribution in [3.05, 3.63) is 64.2 Å². The summed E-state index contributed by atoms with van der Waals surface area (Å²) in [6.45, 7) is 5.78. The first-order valence-corrected chi connectivity index (χ1v) is 12.3. The summed E-state index contributed by atoms with van der Waals surface area (Å²) in [5, 5.41) is 7.82. The number of nitrogens with two attached hydrogens (primary N) is 1. The maximum Gasteiger partial charge on any atom is 0.419 e. The minimum atomic E-state index is -4.59. The van der Waals surface area contributed by atoms with Crippen molar-refractivity contribution >= 4 is 17.5 Å². The van der Waals surface area contributed by atoms with E-state index in [0.717, 1.165) is 49.1 Å². The third-order valence-electron chi connectivity index (χ3n) is 6.88. The predicted octanol–water partition coefficient (Wildman–Crippen LogP) is 4.13. The minimum absolute atomic E-state index is 0.0225. The normalized spacial score (nSPS) is 15.2.